The molecule has 28 heavy (non-hydrogen) atoms. The van der Waals surface area contributed by atoms with Gasteiger partial charge in [-0.1, -0.05) is 30.0 Å². The molecule has 1 aliphatic heterocycles. The van der Waals surface area contributed by atoms with Crippen molar-refractivity contribution in [1.82, 2.24) is 9.13 Å². The summed E-state index contributed by atoms with van der Waals surface area (Å²) in [7, 11) is 5.07. The Balaban J connectivity index is 1.69. The number of thiocarbonyl (C=S) groups is 1. The van der Waals surface area contributed by atoms with Gasteiger partial charge in [-0.2, -0.15) is 0 Å². The fourth-order valence-corrected chi connectivity index (χ4v) is 4.49. The van der Waals surface area contributed by atoms with Gasteiger partial charge in [-0.25, -0.2) is 4.79 Å². The van der Waals surface area contributed by atoms with Gasteiger partial charge in [0, 0.05) is 14.1 Å². The summed E-state index contributed by atoms with van der Waals surface area (Å²) in [6.07, 6.45) is 1.81. The van der Waals surface area contributed by atoms with Crippen LogP contribution >= 0.6 is 24.0 Å². The molecule has 142 valence electrons. The molecule has 4 rings (SSSR count). The molecule has 1 aromatic heterocycles. The summed E-state index contributed by atoms with van der Waals surface area (Å²) in [6, 6.07) is 12.9. The van der Waals surface area contributed by atoms with Crippen molar-refractivity contribution in [1.29, 1.82) is 0 Å². The minimum absolute atomic E-state index is 0.0852. The van der Waals surface area contributed by atoms with Gasteiger partial charge in [0.05, 0.1) is 28.7 Å². The molecule has 1 aliphatic rings. The predicted molar refractivity (Wildman–Crippen MR) is 117 cm³/mol. The van der Waals surface area contributed by atoms with Crippen molar-refractivity contribution in [3.05, 3.63) is 63.4 Å². The number of hydrogen-bond acceptors (Lipinski definition) is 5. The van der Waals surface area contributed by atoms with E-state index in [2.05, 4.69) is 0 Å². The number of rotatable bonds is 3. The maximum Gasteiger partial charge on any atom is 0.328 e. The van der Waals surface area contributed by atoms with Crippen LogP contribution in [0.15, 0.2) is 52.2 Å². The Morgan fingerprint density at radius 3 is 2.36 bits per heavy atom. The van der Waals surface area contributed by atoms with Crippen molar-refractivity contribution >= 4 is 57.0 Å². The van der Waals surface area contributed by atoms with Crippen LogP contribution in [-0.2, 0) is 18.9 Å². The third-order valence-electron chi connectivity index (χ3n) is 4.72. The first kappa shape index (κ1) is 18.5. The van der Waals surface area contributed by atoms with Crippen LogP contribution in [0.2, 0.25) is 0 Å². The summed E-state index contributed by atoms with van der Waals surface area (Å²) in [5.41, 5.74) is 3.11. The lowest BCUT2D eigenvalue weighted by Gasteiger charge is -2.14. The number of thioether (sulfide) groups is 1. The Morgan fingerprint density at radius 2 is 1.68 bits per heavy atom. The maximum absolute atomic E-state index is 12.9. The third-order valence-corrected chi connectivity index (χ3v) is 6.02. The molecule has 1 amide bonds. The highest BCUT2D eigenvalue weighted by Gasteiger charge is 2.33. The average molecular weight is 412 g/mol. The lowest BCUT2D eigenvalue weighted by atomic mass is 10.1. The lowest BCUT2D eigenvalue weighted by Crippen LogP contribution is -2.27. The standard InChI is InChI=1S/C20H17N3O3S2/c1-21-15-9-4-12(10-16(15)22(2)19(21)25)11-17-18(24)23(20(27)28-17)13-5-7-14(26-3)8-6-13/h4-11H,1-3H3/b17-11+. The number of fused-ring (bicyclic) bond motifs is 1. The van der Waals surface area contributed by atoms with Gasteiger partial charge in [-0.15, -0.1) is 0 Å². The van der Waals surface area contributed by atoms with Crippen molar-refractivity contribution < 1.29 is 9.53 Å². The van der Waals surface area contributed by atoms with Gasteiger partial charge in [0.2, 0.25) is 0 Å². The number of imidazole rings is 1. The maximum atomic E-state index is 12.9. The minimum Gasteiger partial charge on any atom is -0.497 e. The molecule has 2 heterocycles. The SMILES string of the molecule is COc1ccc(N2C(=O)/C(=C\c3ccc4c(c3)n(C)c(=O)n4C)SC2=S)cc1. The Labute approximate surface area is 171 Å². The number of aryl methyl sites for hydroxylation is 2. The fourth-order valence-electron chi connectivity index (χ4n) is 3.19. The van der Waals surface area contributed by atoms with Gasteiger partial charge in [-0.05, 0) is 48.0 Å². The van der Waals surface area contributed by atoms with E-state index in [1.807, 2.05) is 18.2 Å². The quantitative estimate of drug-likeness (QED) is 0.489. The number of carbonyl (C=O) groups excluding carboxylic acids is 1. The number of amides is 1. The summed E-state index contributed by atoms with van der Waals surface area (Å²) in [5.74, 6) is 0.550. The third kappa shape index (κ3) is 2.94. The van der Waals surface area contributed by atoms with E-state index in [0.717, 1.165) is 16.6 Å². The molecule has 0 unspecified atom stereocenters. The van der Waals surface area contributed by atoms with Gasteiger partial charge < -0.3 is 4.74 Å². The van der Waals surface area contributed by atoms with E-state index < -0.39 is 0 Å². The van der Waals surface area contributed by atoms with Crippen LogP contribution < -0.4 is 15.3 Å². The van der Waals surface area contributed by atoms with Crippen LogP contribution in [0.4, 0.5) is 5.69 Å². The Morgan fingerprint density at radius 1 is 1.00 bits per heavy atom. The molecule has 1 saturated heterocycles. The first-order valence-corrected chi connectivity index (χ1v) is 9.70. The summed E-state index contributed by atoms with van der Waals surface area (Å²) in [4.78, 5) is 27.1. The molecule has 0 N–H and O–H groups in total. The zero-order valence-corrected chi connectivity index (χ0v) is 17.1. The molecule has 0 saturated carbocycles. The molecule has 8 heteroatoms. The Kier molecular flexibility index (Phi) is 4.60. The second-order valence-corrected chi connectivity index (χ2v) is 8.04. The first-order chi connectivity index (χ1) is 13.4. The molecule has 3 aromatic rings. The van der Waals surface area contributed by atoms with Gasteiger partial charge in [-0.3, -0.25) is 18.8 Å². The number of carbonyl (C=O) groups is 1. The van der Waals surface area contributed by atoms with E-state index in [4.69, 9.17) is 17.0 Å². The number of benzene rings is 2. The number of hydrogen-bond donors (Lipinski definition) is 0. The largest absolute Gasteiger partial charge is 0.497 e. The summed E-state index contributed by atoms with van der Waals surface area (Å²) < 4.78 is 8.83. The minimum atomic E-state index is -0.165. The van der Waals surface area contributed by atoms with E-state index in [1.54, 1.807) is 60.7 Å². The van der Waals surface area contributed by atoms with E-state index in [1.165, 1.54) is 16.7 Å². The van der Waals surface area contributed by atoms with Crippen LogP contribution in [0.25, 0.3) is 17.1 Å². The van der Waals surface area contributed by atoms with Crippen LogP contribution in [0.5, 0.6) is 5.75 Å². The van der Waals surface area contributed by atoms with E-state index in [0.29, 0.717) is 20.7 Å². The molecular formula is C20H17N3O3S2. The summed E-state index contributed by atoms with van der Waals surface area (Å²) in [6.45, 7) is 0. The Hall–Kier alpha value is -2.84. The lowest BCUT2D eigenvalue weighted by molar-refractivity contribution is -0.113. The monoisotopic (exact) mass is 411 g/mol. The van der Waals surface area contributed by atoms with Crippen molar-refractivity contribution in [2.45, 2.75) is 0 Å². The number of methoxy groups -OCH3 is 1. The van der Waals surface area contributed by atoms with Crippen LogP contribution in [0.3, 0.4) is 0 Å². The van der Waals surface area contributed by atoms with Crippen molar-refractivity contribution in [2.24, 2.45) is 14.1 Å². The molecule has 0 bridgehead atoms. The van der Waals surface area contributed by atoms with Crippen LogP contribution in [-0.4, -0.2) is 26.5 Å². The molecule has 0 atom stereocenters. The number of anilines is 1. The zero-order chi connectivity index (χ0) is 20.0. The highest BCUT2D eigenvalue weighted by molar-refractivity contribution is 8.27. The van der Waals surface area contributed by atoms with Gasteiger partial charge >= 0.3 is 5.69 Å². The van der Waals surface area contributed by atoms with Crippen LogP contribution in [0, 0.1) is 0 Å². The normalized spacial score (nSPS) is 15.8. The Bertz CT molecular complexity index is 1210. The zero-order valence-electron chi connectivity index (χ0n) is 15.5. The van der Waals surface area contributed by atoms with Crippen molar-refractivity contribution in [3.63, 3.8) is 0 Å². The summed E-state index contributed by atoms with van der Waals surface area (Å²) >= 11 is 6.68. The molecular weight excluding hydrogens is 394 g/mol. The van der Waals surface area contributed by atoms with Gasteiger partial charge in [0.15, 0.2) is 4.32 Å². The van der Waals surface area contributed by atoms with E-state index in [9.17, 15) is 9.59 Å². The van der Waals surface area contributed by atoms with Crippen molar-refractivity contribution in [2.75, 3.05) is 12.0 Å². The highest BCUT2D eigenvalue weighted by Crippen LogP contribution is 2.36. The fraction of sp³-hybridized carbons (Fsp3) is 0.150. The smallest absolute Gasteiger partial charge is 0.328 e. The first-order valence-electron chi connectivity index (χ1n) is 8.48. The van der Waals surface area contributed by atoms with Crippen LogP contribution in [0.1, 0.15) is 5.56 Å². The predicted octanol–water partition coefficient (Wildman–Crippen LogP) is 3.29. The average Bonchev–Trinajstić information content (AvgIpc) is 3.10. The van der Waals surface area contributed by atoms with E-state index in [-0.39, 0.29) is 11.6 Å². The summed E-state index contributed by atoms with van der Waals surface area (Å²) in [5, 5.41) is 0. The number of ether oxygens (including phenoxy) is 1. The van der Waals surface area contributed by atoms with Crippen molar-refractivity contribution in [3.8, 4) is 5.75 Å². The number of nitrogens with zero attached hydrogens (tertiary/aromatic N) is 3. The molecule has 6 nitrogen and oxygen atoms in total. The highest BCUT2D eigenvalue weighted by atomic mass is 32.2. The van der Waals surface area contributed by atoms with E-state index >= 15 is 0 Å². The second-order valence-electron chi connectivity index (χ2n) is 6.36. The number of aromatic nitrogens is 2. The van der Waals surface area contributed by atoms with Gasteiger partial charge in [0.25, 0.3) is 5.91 Å². The molecule has 0 spiro atoms. The molecule has 2 aromatic carbocycles. The van der Waals surface area contributed by atoms with Gasteiger partial charge in [0.1, 0.15) is 5.75 Å². The second kappa shape index (κ2) is 6.96. The topological polar surface area (TPSA) is 56.5 Å². The molecule has 1 fully saturated rings. The molecule has 0 radical (unpaired) electrons. The molecule has 0 aliphatic carbocycles.